The van der Waals surface area contributed by atoms with Crippen molar-refractivity contribution in [2.45, 2.75) is 38.3 Å². The highest BCUT2D eigenvalue weighted by Crippen LogP contribution is 2.34. The van der Waals surface area contributed by atoms with E-state index in [1.807, 2.05) is 36.4 Å². The van der Waals surface area contributed by atoms with E-state index in [0.717, 1.165) is 16.2 Å². The highest BCUT2D eigenvalue weighted by Gasteiger charge is 2.48. The van der Waals surface area contributed by atoms with Crippen molar-refractivity contribution < 1.29 is 23.7 Å². The summed E-state index contributed by atoms with van der Waals surface area (Å²) in [6, 6.07) is 10.5. The monoisotopic (exact) mass is 487 g/mol. The fourth-order valence-electron chi connectivity index (χ4n) is 4.83. The van der Waals surface area contributed by atoms with E-state index in [4.69, 9.17) is 4.52 Å². The van der Waals surface area contributed by atoms with E-state index < -0.39 is 29.7 Å². The largest absolute Gasteiger partial charge is 0.357 e. The molecule has 3 aliphatic heterocycles. The molecule has 3 aliphatic rings. The zero-order valence-corrected chi connectivity index (χ0v) is 19.1. The maximum absolute atomic E-state index is 13.3. The molecule has 2 aromatic heterocycles. The van der Waals surface area contributed by atoms with Crippen molar-refractivity contribution in [3.8, 4) is 17.2 Å². The number of piperidine rings is 1. The molecule has 1 saturated heterocycles. The topological polar surface area (TPSA) is 144 Å². The second-order valence-electron chi connectivity index (χ2n) is 8.80. The number of benzene rings is 1. The van der Waals surface area contributed by atoms with Crippen molar-refractivity contribution in [2.24, 2.45) is 0 Å². The first-order chi connectivity index (χ1) is 17.5. The maximum Gasteiger partial charge on any atom is 0.290 e. The molecule has 12 nitrogen and oxygen atoms in total. The SMILES string of the molecule is O=C1CCC(N2C(=O)C3=C(C2=O)N(Cc2nc(-n4ccc(-c5ccccc5)n4)no2)CCC3)C(=O)N1. The van der Waals surface area contributed by atoms with Crippen LogP contribution in [-0.4, -0.2) is 65.9 Å². The summed E-state index contributed by atoms with van der Waals surface area (Å²) in [7, 11) is 0. The summed E-state index contributed by atoms with van der Waals surface area (Å²) in [6.07, 6.45) is 3.01. The van der Waals surface area contributed by atoms with Crippen LogP contribution >= 0.6 is 0 Å². The number of hydrogen-bond acceptors (Lipinski definition) is 9. The summed E-state index contributed by atoms with van der Waals surface area (Å²) >= 11 is 0. The van der Waals surface area contributed by atoms with E-state index in [1.165, 1.54) is 4.68 Å². The Hall–Kier alpha value is -4.61. The molecule has 0 spiro atoms. The third-order valence-corrected chi connectivity index (χ3v) is 6.52. The van der Waals surface area contributed by atoms with Gasteiger partial charge in [0.1, 0.15) is 11.7 Å². The van der Waals surface area contributed by atoms with Crippen LogP contribution in [0.4, 0.5) is 0 Å². The summed E-state index contributed by atoms with van der Waals surface area (Å²) in [5.74, 6) is -1.55. The normalized spacial score (nSPS) is 20.3. The van der Waals surface area contributed by atoms with Crippen LogP contribution in [0.15, 0.2) is 58.4 Å². The first kappa shape index (κ1) is 21.9. The van der Waals surface area contributed by atoms with Gasteiger partial charge in [0.2, 0.25) is 17.7 Å². The Kier molecular flexibility index (Phi) is 5.20. The minimum absolute atomic E-state index is 0.0754. The molecule has 0 bridgehead atoms. The molecule has 1 N–H and O–H groups in total. The van der Waals surface area contributed by atoms with Crippen molar-refractivity contribution >= 4 is 23.6 Å². The lowest BCUT2D eigenvalue weighted by Gasteiger charge is -2.29. The van der Waals surface area contributed by atoms with E-state index in [-0.39, 0.29) is 36.9 Å². The summed E-state index contributed by atoms with van der Waals surface area (Å²) in [4.78, 5) is 57.4. The van der Waals surface area contributed by atoms with Crippen LogP contribution in [0.2, 0.25) is 0 Å². The Morgan fingerprint density at radius 3 is 2.67 bits per heavy atom. The number of amides is 4. The van der Waals surface area contributed by atoms with Gasteiger partial charge in [-0.15, -0.1) is 0 Å². The summed E-state index contributed by atoms with van der Waals surface area (Å²) in [5, 5.41) is 10.7. The van der Waals surface area contributed by atoms with E-state index in [9.17, 15) is 19.2 Å². The van der Waals surface area contributed by atoms with Crippen LogP contribution in [0, 0.1) is 0 Å². The fraction of sp³-hybridized carbons (Fsp3) is 0.292. The van der Waals surface area contributed by atoms with Crippen molar-refractivity contribution in [1.29, 1.82) is 0 Å². The molecule has 4 amide bonds. The molecule has 182 valence electrons. The van der Waals surface area contributed by atoms with Gasteiger partial charge >= 0.3 is 0 Å². The molecular formula is C24H21N7O5. The third-order valence-electron chi connectivity index (χ3n) is 6.52. The van der Waals surface area contributed by atoms with Gasteiger partial charge in [-0.25, -0.2) is 4.68 Å². The lowest BCUT2D eigenvalue weighted by Crippen LogP contribution is -2.55. The molecule has 1 unspecified atom stereocenters. The second-order valence-corrected chi connectivity index (χ2v) is 8.80. The number of nitrogens with one attached hydrogen (secondary N) is 1. The fourth-order valence-corrected chi connectivity index (χ4v) is 4.83. The Bertz CT molecular complexity index is 1420. The highest BCUT2D eigenvalue weighted by molar-refractivity contribution is 6.21. The molecule has 1 fully saturated rings. The summed E-state index contributed by atoms with van der Waals surface area (Å²) < 4.78 is 6.93. The molecule has 1 aromatic carbocycles. The van der Waals surface area contributed by atoms with Gasteiger partial charge in [0.05, 0.1) is 12.2 Å². The number of imide groups is 2. The number of carbonyl (C=O) groups is 4. The van der Waals surface area contributed by atoms with E-state index in [2.05, 4.69) is 20.6 Å². The van der Waals surface area contributed by atoms with Gasteiger partial charge in [-0.3, -0.25) is 29.4 Å². The molecule has 1 atom stereocenters. The van der Waals surface area contributed by atoms with Gasteiger partial charge in [0.15, 0.2) is 0 Å². The molecule has 5 heterocycles. The average molecular weight is 487 g/mol. The van der Waals surface area contributed by atoms with Gasteiger partial charge in [-0.2, -0.15) is 10.1 Å². The van der Waals surface area contributed by atoms with Crippen molar-refractivity contribution in [1.82, 2.24) is 35.0 Å². The summed E-state index contributed by atoms with van der Waals surface area (Å²) in [5.41, 5.74) is 2.34. The molecule has 6 rings (SSSR count). The number of hydrogen-bond donors (Lipinski definition) is 1. The first-order valence-corrected chi connectivity index (χ1v) is 11.6. The van der Waals surface area contributed by atoms with Crippen molar-refractivity contribution in [3.63, 3.8) is 0 Å². The van der Waals surface area contributed by atoms with Gasteiger partial charge in [-0.05, 0) is 30.5 Å². The maximum atomic E-state index is 13.3. The first-order valence-electron chi connectivity index (χ1n) is 11.6. The van der Waals surface area contributed by atoms with E-state index >= 15 is 0 Å². The number of nitrogens with zero attached hydrogens (tertiary/aromatic N) is 6. The number of aromatic nitrogens is 4. The smallest absolute Gasteiger partial charge is 0.290 e. The zero-order valence-electron chi connectivity index (χ0n) is 19.1. The average Bonchev–Trinajstić information content (AvgIpc) is 3.60. The summed E-state index contributed by atoms with van der Waals surface area (Å²) in [6.45, 7) is 0.638. The van der Waals surface area contributed by atoms with Crippen LogP contribution in [0.5, 0.6) is 0 Å². The molecule has 3 aromatic rings. The predicted molar refractivity (Wildman–Crippen MR) is 122 cm³/mol. The van der Waals surface area contributed by atoms with Gasteiger partial charge < -0.3 is 9.42 Å². The Balaban J connectivity index is 1.21. The van der Waals surface area contributed by atoms with Crippen molar-refractivity contribution in [3.05, 3.63) is 59.8 Å². The van der Waals surface area contributed by atoms with Crippen LogP contribution in [0.3, 0.4) is 0 Å². The molecule has 36 heavy (non-hydrogen) atoms. The molecular weight excluding hydrogens is 466 g/mol. The number of carbonyl (C=O) groups excluding carboxylic acids is 4. The van der Waals surface area contributed by atoms with Crippen LogP contribution in [-0.2, 0) is 25.7 Å². The van der Waals surface area contributed by atoms with Gasteiger partial charge in [-0.1, -0.05) is 30.3 Å². The van der Waals surface area contributed by atoms with E-state index in [0.29, 0.717) is 25.0 Å². The molecule has 0 radical (unpaired) electrons. The molecule has 0 aliphatic carbocycles. The Morgan fingerprint density at radius 2 is 1.86 bits per heavy atom. The van der Waals surface area contributed by atoms with Gasteiger partial charge in [0.25, 0.3) is 17.8 Å². The lowest BCUT2D eigenvalue weighted by molar-refractivity contribution is -0.150. The quantitative estimate of drug-likeness (QED) is 0.520. The predicted octanol–water partition coefficient (Wildman–Crippen LogP) is 0.946. The minimum Gasteiger partial charge on any atom is -0.357 e. The van der Waals surface area contributed by atoms with Gasteiger partial charge in [0, 0.05) is 30.3 Å². The standard InChI is InChI=1S/C24H21N7O5/c32-18-9-8-17(21(33)25-18)31-22(34)15-7-4-11-29(20(15)23(31)35)13-19-26-24(28-36-19)30-12-10-16(27-30)14-5-2-1-3-6-14/h1-3,5-6,10,12,17H,4,7-9,11,13H2,(H,25,32,33). The molecule has 12 heteroatoms. The van der Waals surface area contributed by atoms with Crippen LogP contribution in [0.1, 0.15) is 31.6 Å². The Labute approximate surface area is 204 Å². The zero-order chi connectivity index (χ0) is 24.8. The minimum atomic E-state index is -0.996. The lowest BCUT2D eigenvalue weighted by atomic mass is 10.0. The van der Waals surface area contributed by atoms with Crippen molar-refractivity contribution in [2.75, 3.05) is 6.54 Å². The third kappa shape index (κ3) is 3.67. The van der Waals surface area contributed by atoms with Crippen LogP contribution < -0.4 is 5.32 Å². The molecule has 0 saturated carbocycles. The van der Waals surface area contributed by atoms with E-state index in [1.54, 1.807) is 11.1 Å². The van der Waals surface area contributed by atoms with Crippen LogP contribution in [0.25, 0.3) is 17.2 Å². The number of rotatable bonds is 5. The highest BCUT2D eigenvalue weighted by atomic mass is 16.5. The second kappa shape index (κ2) is 8.56. The Morgan fingerprint density at radius 1 is 1.03 bits per heavy atom.